The van der Waals surface area contributed by atoms with Gasteiger partial charge in [-0.25, -0.2) is 4.79 Å². The van der Waals surface area contributed by atoms with Gasteiger partial charge >= 0.3 is 5.97 Å². The average molecular weight is 576 g/mol. The maximum Gasteiger partial charge on any atom is 0.335 e. The van der Waals surface area contributed by atoms with Crippen molar-refractivity contribution < 1.29 is 28.9 Å². The molecular formula is C35H45NO6. The first-order valence-electron chi connectivity index (χ1n) is 14.6. The highest BCUT2D eigenvalue weighted by Crippen LogP contribution is 2.26. The van der Waals surface area contributed by atoms with Gasteiger partial charge in [0.05, 0.1) is 13.7 Å². The van der Waals surface area contributed by atoms with Gasteiger partial charge in [0.2, 0.25) is 5.91 Å². The predicted octanol–water partition coefficient (Wildman–Crippen LogP) is 6.67. The molecule has 0 aliphatic heterocycles. The molecule has 0 aliphatic rings. The molecule has 0 heterocycles. The van der Waals surface area contributed by atoms with E-state index in [1.807, 2.05) is 94.4 Å². The SMILES string of the molecule is C/C=C\[C@H](CC)NC(=O)CCCOc1ccc(COC(=O)C(O)Cc2ccc(-c3ccccc3)cc2)c(OC)c1.CC. The van der Waals surface area contributed by atoms with Crippen LogP contribution < -0.4 is 14.8 Å². The number of ether oxygens (including phenoxy) is 3. The monoisotopic (exact) mass is 575 g/mol. The second kappa shape index (κ2) is 19.1. The molecule has 3 aromatic rings. The summed E-state index contributed by atoms with van der Waals surface area (Å²) in [6.45, 7) is 8.30. The van der Waals surface area contributed by atoms with E-state index in [9.17, 15) is 14.7 Å². The first-order chi connectivity index (χ1) is 20.4. The fourth-order valence-electron chi connectivity index (χ4n) is 4.17. The van der Waals surface area contributed by atoms with Crippen molar-refractivity contribution in [2.24, 2.45) is 0 Å². The van der Waals surface area contributed by atoms with Crippen LogP contribution in [0, 0.1) is 0 Å². The standard InChI is InChI=1S/C33H39NO6.C2H6/c1-4-10-28(5-2)34-32(36)13-9-20-39-29-19-18-27(31(22-29)38-3)23-40-33(37)30(35)21-24-14-16-26(17-15-24)25-11-7-6-8-12-25;1-2/h4,6-8,10-12,14-19,22,28,30,35H,5,9,13,20-21,23H2,1-3H3,(H,34,36);1-2H3/b10-4-;/t28-,30?;/m0./s1. The fraction of sp³-hybridized carbons (Fsp3) is 0.371. The van der Waals surface area contributed by atoms with E-state index in [1.165, 1.54) is 7.11 Å². The molecule has 0 bridgehead atoms. The first kappa shape index (κ1) is 34.1. The molecule has 0 saturated heterocycles. The normalized spacial score (nSPS) is 12.0. The van der Waals surface area contributed by atoms with Crippen molar-refractivity contribution in [2.75, 3.05) is 13.7 Å². The molecule has 7 nitrogen and oxygen atoms in total. The summed E-state index contributed by atoms with van der Waals surface area (Å²) in [6, 6.07) is 23.0. The molecule has 7 heteroatoms. The molecule has 0 fully saturated rings. The van der Waals surface area contributed by atoms with Crippen LogP contribution in [0.2, 0.25) is 0 Å². The van der Waals surface area contributed by atoms with E-state index in [1.54, 1.807) is 18.2 Å². The fourth-order valence-corrected chi connectivity index (χ4v) is 4.17. The Morgan fingerprint density at radius 2 is 1.67 bits per heavy atom. The van der Waals surface area contributed by atoms with Gasteiger partial charge in [-0.1, -0.05) is 87.5 Å². The summed E-state index contributed by atoms with van der Waals surface area (Å²) in [6.07, 6.45) is 4.58. The number of hydrogen-bond acceptors (Lipinski definition) is 6. The molecule has 3 rings (SSSR count). The zero-order valence-corrected chi connectivity index (χ0v) is 25.5. The number of aliphatic hydroxyl groups is 1. The van der Waals surface area contributed by atoms with E-state index in [4.69, 9.17) is 14.2 Å². The molecule has 0 radical (unpaired) electrons. The topological polar surface area (TPSA) is 94.1 Å². The molecule has 1 amide bonds. The molecule has 226 valence electrons. The highest BCUT2D eigenvalue weighted by molar-refractivity contribution is 5.76. The van der Waals surface area contributed by atoms with Crippen molar-refractivity contribution in [3.05, 3.63) is 96.1 Å². The molecule has 0 saturated carbocycles. The van der Waals surface area contributed by atoms with Crippen LogP contribution in [0.25, 0.3) is 11.1 Å². The number of esters is 1. The number of carbonyl (C=O) groups is 2. The third-order valence-corrected chi connectivity index (χ3v) is 6.42. The number of amides is 1. The second-order valence-electron chi connectivity index (χ2n) is 9.42. The number of aliphatic hydroxyl groups excluding tert-OH is 1. The lowest BCUT2D eigenvalue weighted by Crippen LogP contribution is -2.32. The summed E-state index contributed by atoms with van der Waals surface area (Å²) in [5.74, 6) is 0.389. The minimum Gasteiger partial charge on any atom is -0.496 e. The second-order valence-corrected chi connectivity index (χ2v) is 9.42. The molecule has 1 unspecified atom stereocenters. The van der Waals surface area contributed by atoms with Crippen LogP contribution in [-0.4, -0.2) is 42.8 Å². The quantitative estimate of drug-likeness (QED) is 0.120. The molecule has 42 heavy (non-hydrogen) atoms. The molecule has 2 atom stereocenters. The third-order valence-electron chi connectivity index (χ3n) is 6.42. The van der Waals surface area contributed by atoms with E-state index in [0.717, 1.165) is 23.1 Å². The van der Waals surface area contributed by atoms with Gasteiger partial charge in [-0.15, -0.1) is 0 Å². The van der Waals surface area contributed by atoms with Crippen molar-refractivity contribution in [3.63, 3.8) is 0 Å². The Morgan fingerprint density at radius 1 is 0.976 bits per heavy atom. The van der Waals surface area contributed by atoms with Crippen molar-refractivity contribution in [2.45, 2.75) is 72.1 Å². The number of hydrogen-bond donors (Lipinski definition) is 2. The molecule has 3 aromatic carbocycles. The zero-order valence-electron chi connectivity index (χ0n) is 25.5. The minimum absolute atomic E-state index is 0.00493. The Hall–Kier alpha value is -4.10. The summed E-state index contributed by atoms with van der Waals surface area (Å²) in [7, 11) is 1.53. The first-order valence-corrected chi connectivity index (χ1v) is 14.6. The molecule has 0 aliphatic carbocycles. The molecule has 0 spiro atoms. The highest BCUT2D eigenvalue weighted by atomic mass is 16.5. The number of rotatable bonds is 15. The summed E-state index contributed by atoms with van der Waals surface area (Å²) >= 11 is 0. The van der Waals surface area contributed by atoms with Gasteiger partial charge < -0.3 is 24.6 Å². The van der Waals surface area contributed by atoms with Gasteiger partial charge in [0.1, 0.15) is 18.1 Å². The molecule has 2 N–H and O–H groups in total. The summed E-state index contributed by atoms with van der Waals surface area (Å²) in [5.41, 5.74) is 3.66. The Kier molecular flexibility index (Phi) is 15.5. The van der Waals surface area contributed by atoms with E-state index < -0.39 is 12.1 Å². The smallest absolute Gasteiger partial charge is 0.335 e. The van der Waals surface area contributed by atoms with E-state index in [2.05, 4.69) is 5.32 Å². The number of benzene rings is 3. The van der Waals surface area contributed by atoms with Gasteiger partial charge in [-0.3, -0.25) is 4.79 Å². The van der Waals surface area contributed by atoms with Gasteiger partial charge in [0.25, 0.3) is 0 Å². The van der Waals surface area contributed by atoms with E-state index in [0.29, 0.717) is 36.5 Å². The Labute approximate surface area is 250 Å². The van der Waals surface area contributed by atoms with Crippen molar-refractivity contribution in [1.29, 1.82) is 0 Å². The van der Waals surface area contributed by atoms with E-state index >= 15 is 0 Å². The van der Waals surface area contributed by atoms with Gasteiger partial charge in [0.15, 0.2) is 6.10 Å². The average Bonchev–Trinajstić information content (AvgIpc) is 3.03. The third kappa shape index (κ3) is 11.4. The Morgan fingerprint density at radius 3 is 2.31 bits per heavy atom. The largest absolute Gasteiger partial charge is 0.496 e. The van der Waals surface area contributed by atoms with Crippen LogP contribution in [0.3, 0.4) is 0 Å². The van der Waals surface area contributed by atoms with Gasteiger partial charge in [-0.2, -0.15) is 0 Å². The van der Waals surface area contributed by atoms with E-state index in [-0.39, 0.29) is 25.0 Å². The number of carbonyl (C=O) groups excluding carboxylic acids is 2. The number of nitrogens with one attached hydrogen (secondary N) is 1. The number of allylic oxidation sites excluding steroid dienone is 1. The zero-order chi connectivity index (χ0) is 30.7. The highest BCUT2D eigenvalue weighted by Gasteiger charge is 2.18. The molecular weight excluding hydrogens is 530 g/mol. The van der Waals surface area contributed by atoms with Crippen molar-refractivity contribution in [1.82, 2.24) is 5.32 Å². The predicted molar refractivity (Wildman–Crippen MR) is 167 cm³/mol. The lowest BCUT2D eigenvalue weighted by molar-refractivity contribution is -0.154. The number of methoxy groups -OCH3 is 1. The van der Waals surface area contributed by atoms with Crippen LogP contribution in [0.5, 0.6) is 11.5 Å². The van der Waals surface area contributed by atoms with Crippen LogP contribution >= 0.6 is 0 Å². The lowest BCUT2D eigenvalue weighted by atomic mass is 10.0. The van der Waals surface area contributed by atoms with Crippen molar-refractivity contribution >= 4 is 11.9 Å². The van der Waals surface area contributed by atoms with Crippen LogP contribution in [0.4, 0.5) is 0 Å². The van der Waals surface area contributed by atoms with Gasteiger partial charge in [-0.05, 0) is 48.6 Å². The molecule has 0 aromatic heterocycles. The Balaban J connectivity index is 0.00000301. The minimum atomic E-state index is -1.28. The maximum absolute atomic E-state index is 12.5. The lowest BCUT2D eigenvalue weighted by Gasteiger charge is -2.15. The maximum atomic E-state index is 12.5. The van der Waals surface area contributed by atoms with Crippen molar-refractivity contribution in [3.8, 4) is 22.6 Å². The van der Waals surface area contributed by atoms with Crippen LogP contribution in [0.1, 0.15) is 58.1 Å². The Bertz CT molecular complexity index is 1240. The van der Waals surface area contributed by atoms with Crippen LogP contribution in [0.15, 0.2) is 84.9 Å². The van der Waals surface area contributed by atoms with Gasteiger partial charge in [0, 0.05) is 30.5 Å². The van der Waals surface area contributed by atoms with Crippen LogP contribution in [-0.2, 0) is 27.4 Å². The summed E-state index contributed by atoms with van der Waals surface area (Å²) in [4.78, 5) is 24.6. The summed E-state index contributed by atoms with van der Waals surface area (Å²) in [5, 5.41) is 13.4. The summed E-state index contributed by atoms with van der Waals surface area (Å²) < 4.78 is 16.6.